The molecule has 0 saturated heterocycles. The standard InChI is InChI=1S/C21H18BrN3O2/c22-18-12-17(13-23-14-18)21(27)25-19-8-6-16(7-9-19)20(26)24-11-10-15-4-2-1-3-5-15/h1-9,12-14H,10-11H2,(H,24,26)(H,25,27). The lowest BCUT2D eigenvalue weighted by atomic mass is 10.1. The first kappa shape index (κ1) is 18.8. The fourth-order valence-electron chi connectivity index (χ4n) is 2.51. The summed E-state index contributed by atoms with van der Waals surface area (Å²) < 4.78 is 0.734. The summed E-state index contributed by atoms with van der Waals surface area (Å²) in [4.78, 5) is 28.4. The highest BCUT2D eigenvalue weighted by Crippen LogP contribution is 2.14. The van der Waals surface area contributed by atoms with Gasteiger partial charge in [-0.3, -0.25) is 14.6 Å². The molecule has 1 heterocycles. The number of aromatic nitrogens is 1. The molecule has 0 saturated carbocycles. The van der Waals surface area contributed by atoms with E-state index in [1.165, 1.54) is 11.8 Å². The van der Waals surface area contributed by atoms with Crippen molar-refractivity contribution in [2.24, 2.45) is 0 Å². The minimum Gasteiger partial charge on any atom is -0.352 e. The van der Waals surface area contributed by atoms with E-state index >= 15 is 0 Å². The van der Waals surface area contributed by atoms with Crippen molar-refractivity contribution in [2.45, 2.75) is 6.42 Å². The molecule has 2 amide bonds. The van der Waals surface area contributed by atoms with Crippen molar-refractivity contribution < 1.29 is 9.59 Å². The van der Waals surface area contributed by atoms with E-state index in [0.29, 0.717) is 23.4 Å². The molecule has 0 atom stereocenters. The summed E-state index contributed by atoms with van der Waals surface area (Å²) in [6.07, 6.45) is 3.89. The number of halogens is 1. The lowest BCUT2D eigenvalue weighted by Gasteiger charge is -2.08. The van der Waals surface area contributed by atoms with Crippen LogP contribution >= 0.6 is 15.9 Å². The Bertz CT molecular complexity index is 928. The summed E-state index contributed by atoms with van der Waals surface area (Å²) in [6.45, 7) is 0.567. The van der Waals surface area contributed by atoms with Crippen LogP contribution in [0.5, 0.6) is 0 Å². The maximum atomic E-state index is 12.2. The van der Waals surface area contributed by atoms with Gasteiger partial charge in [0.15, 0.2) is 0 Å². The van der Waals surface area contributed by atoms with Crippen molar-refractivity contribution in [1.29, 1.82) is 0 Å². The third-order valence-electron chi connectivity index (χ3n) is 3.91. The SMILES string of the molecule is O=C(NCCc1ccccc1)c1ccc(NC(=O)c2cncc(Br)c2)cc1. The third-order valence-corrected chi connectivity index (χ3v) is 4.35. The number of pyridine rings is 1. The summed E-state index contributed by atoms with van der Waals surface area (Å²) >= 11 is 3.29. The van der Waals surface area contributed by atoms with Crippen LogP contribution in [0.15, 0.2) is 77.5 Å². The van der Waals surface area contributed by atoms with Crippen LogP contribution in [0.3, 0.4) is 0 Å². The zero-order chi connectivity index (χ0) is 19.1. The lowest BCUT2D eigenvalue weighted by Crippen LogP contribution is -2.25. The molecule has 0 bridgehead atoms. The molecule has 136 valence electrons. The van der Waals surface area contributed by atoms with Crippen molar-refractivity contribution in [2.75, 3.05) is 11.9 Å². The van der Waals surface area contributed by atoms with E-state index in [2.05, 4.69) is 31.5 Å². The van der Waals surface area contributed by atoms with Gasteiger partial charge in [-0.2, -0.15) is 0 Å². The molecule has 0 aliphatic rings. The average Bonchev–Trinajstić information content (AvgIpc) is 2.69. The maximum Gasteiger partial charge on any atom is 0.257 e. The first-order valence-corrected chi connectivity index (χ1v) is 9.25. The van der Waals surface area contributed by atoms with Crippen LogP contribution < -0.4 is 10.6 Å². The number of hydrogen-bond acceptors (Lipinski definition) is 3. The summed E-state index contributed by atoms with van der Waals surface area (Å²) in [6, 6.07) is 18.5. The van der Waals surface area contributed by atoms with Crippen molar-refractivity contribution in [3.05, 3.63) is 94.2 Å². The first-order valence-electron chi connectivity index (χ1n) is 8.46. The highest BCUT2D eigenvalue weighted by molar-refractivity contribution is 9.10. The molecular formula is C21H18BrN3O2. The molecular weight excluding hydrogens is 406 g/mol. The molecule has 3 rings (SSSR count). The third kappa shape index (κ3) is 5.49. The second-order valence-electron chi connectivity index (χ2n) is 5.91. The molecule has 1 aromatic heterocycles. The number of carbonyl (C=O) groups is 2. The van der Waals surface area contributed by atoms with E-state index in [9.17, 15) is 9.59 Å². The summed E-state index contributed by atoms with van der Waals surface area (Å²) in [5.41, 5.74) is 2.79. The molecule has 6 heteroatoms. The smallest absolute Gasteiger partial charge is 0.257 e. The predicted octanol–water partition coefficient (Wildman–Crippen LogP) is 4.07. The number of anilines is 1. The van der Waals surface area contributed by atoms with Gasteiger partial charge >= 0.3 is 0 Å². The van der Waals surface area contributed by atoms with Gasteiger partial charge in [0.05, 0.1) is 5.56 Å². The van der Waals surface area contributed by atoms with Gasteiger partial charge < -0.3 is 10.6 Å². The number of hydrogen-bond donors (Lipinski definition) is 2. The molecule has 0 radical (unpaired) electrons. The molecule has 0 spiro atoms. The van der Waals surface area contributed by atoms with Crippen LogP contribution in [-0.2, 0) is 6.42 Å². The zero-order valence-corrected chi connectivity index (χ0v) is 16.1. The van der Waals surface area contributed by atoms with Crippen LogP contribution in [0.1, 0.15) is 26.3 Å². The number of nitrogens with one attached hydrogen (secondary N) is 2. The van der Waals surface area contributed by atoms with Crippen molar-refractivity contribution in [3.63, 3.8) is 0 Å². The average molecular weight is 424 g/mol. The lowest BCUT2D eigenvalue weighted by molar-refractivity contribution is 0.0953. The fraction of sp³-hybridized carbons (Fsp3) is 0.0952. The molecule has 2 N–H and O–H groups in total. The minimum absolute atomic E-state index is 0.139. The van der Waals surface area contributed by atoms with E-state index in [-0.39, 0.29) is 11.8 Å². The van der Waals surface area contributed by atoms with Gasteiger partial charge in [0.25, 0.3) is 11.8 Å². The summed E-state index contributed by atoms with van der Waals surface area (Å²) in [5.74, 6) is -0.399. The van der Waals surface area contributed by atoms with Gasteiger partial charge in [-0.15, -0.1) is 0 Å². The Morgan fingerprint density at radius 3 is 2.33 bits per heavy atom. The van der Waals surface area contributed by atoms with Crippen molar-refractivity contribution >= 4 is 33.4 Å². The van der Waals surface area contributed by atoms with Crippen LogP contribution in [0, 0.1) is 0 Å². The number of benzene rings is 2. The molecule has 0 fully saturated rings. The number of nitrogens with zero attached hydrogens (tertiary/aromatic N) is 1. The molecule has 27 heavy (non-hydrogen) atoms. The van der Waals surface area contributed by atoms with Crippen LogP contribution in [-0.4, -0.2) is 23.3 Å². The zero-order valence-electron chi connectivity index (χ0n) is 14.5. The molecule has 5 nitrogen and oxygen atoms in total. The predicted molar refractivity (Wildman–Crippen MR) is 109 cm³/mol. The first-order chi connectivity index (χ1) is 13.1. The second-order valence-corrected chi connectivity index (χ2v) is 6.83. The van der Waals surface area contributed by atoms with E-state index in [1.54, 1.807) is 36.5 Å². The normalized spacial score (nSPS) is 10.3. The fourth-order valence-corrected chi connectivity index (χ4v) is 2.88. The van der Waals surface area contributed by atoms with Crippen LogP contribution in [0.4, 0.5) is 5.69 Å². The van der Waals surface area contributed by atoms with Crippen molar-refractivity contribution in [1.82, 2.24) is 10.3 Å². The van der Waals surface area contributed by atoms with Crippen LogP contribution in [0.25, 0.3) is 0 Å². The summed E-state index contributed by atoms with van der Waals surface area (Å²) in [5, 5.41) is 5.68. The number of carbonyl (C=O) groups excluding carboxylic acids is 2. The number of rotatable bonds is 6. The topological polar surface area (TPSA) is 71.1 Å². The van der Waals surface area contributed by atoms with Gasteiger partial charge in [0.1, 0.15) is 0 Å². The number of amides is 2. The second kappa shape index (κ2) is 9.09. The highest BCUT2D eigenvalue weighted by Gasteiger charge is 2.09. The minimum atomic E-state index is -0.260. The molecule has 3 aromatic rings. The van der Waals surface area contributed by atoms with E-state index in [4.69, 9.17) is 0 Å². The van der Waals surface area contributed by atoms with Gasteiger partial charge in [-0.25, -0.2) is 0 Å². The summed E-state index contributed by atoms with van der Waals surface area (Å²) in [7, 11) is 0. The Balaban J connectivity index is 1.53. The highest BCUT2D eigenvalue weighted by atomic mass is 79.9. The van der Waals surface area contributed by atoms with Gasteiger partial charge in [-0.1, -0.05) is 30.3 Å². The Morgan fingerprint density at radius 2 is 1.63 bits per heavy atom. The van der Waals surface area contributed by atoms with E-state index < -0.39 is 0 Å². The monoisotopic (exact) mass is 423 g/mol. The van der Waals surface area contributed by atoms with Crippen molar-refractivity contribution in [3.8, 4) is 0 Å². The Kier molecular flexibility index (Phi) is 6.33. The van der Waals surface area contributed by atoms with Gasteiger partial charge in [0.2, 0.25) is 0 Å². The molecule has 0 aliphatic heterocycles. The molecule has 0 unspecified atom stereocenters. The maximum absolute atomic E-state index is 12.2. The largest absolute Gasteiger partial charge is 0.352 e. The van der Waals surface area contributed by atoms with Crippen LogP contribution in [0.2, 0.25) is 0 Å². The molecule has 0 aliphatic carbocycles. The quantitative estimate of drug-likeness (QED) is 0.627. The van der Waals surface area contributed by atoms with Gasteiger partial charge in [-0.05, 0) is 58.2 Å². The Morgan fingerprint density at radius 1 is 0.889 bits per heavy atom. The Labute approximate surface area is 166 Å². The Hall–Kier alpha value is -2.99. The van der Waals surface area contributed by atoms with Gasteiger partial charge in [0, 0.05) is 34.7 Å². The molecule has 2 aromatic carbocycles. The van der Waals surface area contributed by atoms with E-state index in [0.717, 1.165) is 10.9 Å². The van der Waals surface area contributed by atoms with E-state index in [1.807, 2.05) is 30.3 Å².